The first-order valence-electron chi connectivity index (χ1n) is 13.2. The average Bonchev–Trinajstić information content (AvgIpc) is 3.54. The average molecular weight is 584 g/mol. The molecule has 9 heteroatoms. The number of nitrogens with zero attached hydrogens (tertiary/aromatic N) is 3. The largest absolute Gasteiger partial charge is 0.459 e. The molecule has 41 heavy (non-hydrogen) atoms. The van der Waals surface area contributed by atoms with Crippen molar-refractivity contribution in [3.8, 4) is 0 Å². The third kappa shape index (κ3) is 5.80. The van der Waals surface area contributed by atoms with E-state index >= 15 is 0 Å². The van der Waals surface area contributed by atoms with Gasteiger partial charge in [-0.25, -0.2) is 0 Å². The maximum atomic E-state index is 13.6. The second-order valence-corrected chi connectivity index (χ2v) is 11.3. The zero-order valence-corrected chi connectivity index (χ0v) is 23.6. The first kappa shape index (κ1) is 26.9. The number of amides is 3. The van der Waals surface area contributed by atoms with Crippen molar-refractivity contribution in [2.45, 2.75) is 11.4 Å². The Kier molecular flexibility index (Phi) is 7.67. The maximum Gasteiger partial charge on any atom is 0.289 e. The number of piperazine rings is 1. The fraction of sp³-hybridized carbons (Fsp3) is 0.156. The summed E-state index contributed by atoms with van der Waals surface area (Å²) in [6.07, 6.45) is 3.34. The van der Waals surface area contributed by atoms with E-state index in [1.165, 1.54) is 18.0 Å². The predicted octanol–water partition coefficient (Wildman–Crippen LogP) is 6.21. The van der Waals surface area contributed by atoms with Crippen LogP contribution in [0.2, 0.25) is 5.02 Å². The Morgan fingerprint density at radius 3 is 2.29 bits per heavy atom. The molecule has 206 valence electrons. The molecule has 0 bridgehead atoms. The van der Waals surface area contributed by atoms with Crippen molar-refractivity contribution in [2.24, 2.45) is 0 Å². The molecule has 0 unspecified atom stereocenters. The van der Waals surface area contributed by atoms with Crippen molar-refractivity contribution in [3.63, 3.8) is 0 Å². The number of benzene rings is 3. The molecule has 3 amide bonds. The molecular formula is C32H26ClN3O4S. The summed E-state index contributed by atoms with van der Waals surface area (Å²) in [5.41, 5.74) is 3.20. The first-order chi connectivity index (χ1) is 20.0. The molecule has 1 aromatic heterocycles. The molecule has 0 saturated carbocycles. The monoisotopic (exact) mass is 583 g/mol. The van der Waals surface area contributed by atoms with Crippen molar-refractivity contribution >= 4 is 52.8 Å². The van der Waals surface area contributed by atoms with Crippen LogP contribution in [0, 0.1) is 0 Å². The Bertz CT molecular complexity index is 1630. The van der Waals surface area contributed by atoms with Gasteiger partial charge in [0.05, 0.1) is 23.4 Å². The molecule has 2 aliphatic heterocycles. The van der Waals surface area contributed by atoms with Crippen molar-refractivity contribution in [2.75, 3.05) is 31.1 Å². The summed E-state index contributed by atoms with van der Waals surface area (Å²) in [5, 5.41) is 0.629. The molecule has 7 nitrogen and oxygen atoms in total. The summed E-state index contributed by atoms with van der Waals surface area (Å²) in [6, 6.07) is 26.0. The highest BCUT2D eigenvalue weighted by Gasteiger charge is 2.30. The Morgan fingerprint density at radius 2 is 1.59 bits per heavy atom. The van der Waals surface area contributed by atoms with E-state index in [1.54, 1.807) is 39.0 Å². The van der Waals surface area contributed by atoms with Crippen LogP contribution in [0.3, 0.4) is 0 Å². The zero-order valence-electron chi connectivity index (χ0n) is 22.0. The number of carbonyl (C=O) groups excluding carboxylic acids is 3. The molecule has 3 aromatic carbocycles. The number of fused-ring (bicyclic) bond motifs is 1. The zero-order chi connectivity index (χ0) is 28.3. The van der Waals surface area contributed by atoms with Crippen LogP contribution in [0.25, 0.3) is 6.08 Å². The minimum atomic E-state index is -0.164. The van der Waals surface area contributed by atoms with Gasteiger partial charge in [0.2, 0.25) is 0 Å². The van der Waals surface area contributed by atoms with Gasteiger partial charge in [-0.15, -0.1) is 0 Å². The molecule has 0 aliphatic carbocycles. The van der Waals surface area contributed by atoms with E-state index in [0.717, 1.165) is 21.7 Å². The van der Waals surface area contributed by atoms with Gasteiger partial charge in [0, 0.05) is 41.7 Å². The number of anilines is 1. The number of hydrogen-bond acceptors (Lipinski definition) is 5. The van der Waals surface area contributed by atoms with Gasteiger partial charge in [-0.2, -0.15) is 0 Å². The van der Waals surface area contributed by atoms with Crippen LogP contribution in [0.15, 0.2) is 105 Å². The lowest BCUT2D eigenvalue weighted by Gasteiger charge is -2.34. The molecular weight excluding hydrogens is 558 g/mol. The molecule has 0 N–H and O–H groups in total. The molecule has 1 saturated heterocycles. The summed E-state index contributed by atoms with van der Waals surface area (Å²) in [4.78, 5) is 46.1. The van der Waals surface area contributed by atoms with E-state index in [1.807, 2.05) is 66.7 Å². The molecule has 0 radical (unpaired) electrons. The molecule has 6 rings (SSSR count). The van der Waals surface area contributed by atoms with Gasteiger partial charge in [0.1, 0.15) is 0 Å². The lowest BCUT2D eigenvalue weighted by molar-refractivity contribution is -0.114. The highest BCUT2D eigenvalue weighted by molar-refractivity contribution is 8.04. The SMILES string of the molecule is O=C(c1ccc(C=C2Sc3ccccc3N(Cc3cccc(Cl)c3)C2=O)cc1)N1CCN(C(=O)c2ccco2)CC1. The normalized spacial score (nSPS) is 16.2. The van der Waals surface area contributed by atoms with Crippen LogP contribution in [0.1, 0.15) is 32.0 Å². The molecule has 1 fully saturated rings. The van der Waals surface area contributed by atoms with Crippen LogP contribution in [0.4, 0.5) is 5.69 Å². The van der Waals surface area contributed by atoms with Crippen molar-refractivity contribution in [1.82, 2.24) is 9.80 Å². The number of thioether (sulfide) groups is 1. The van der Waals surface area contributed by atoms with Gasteiger partial charge < -0.3 is 19.1 Å². The quantitative estimate of drug-likeness (QED) is 0.261. The van der Waals surface area contributed by atoms with E-state index in [0.29, 0.717) is 54.0 Å². The summed E-state index contributed by atoms with van der Waals surface area (Å²) >= 11 is 7.63. The Hall–Kier alpha value is -4.27. The van der Waals surface area contributed by atoms with E-state index in [-0.39, 0.29) is 17.7 Å². The van der Waals surface area contributed by atoms with Gasteiger partial charge in [0.15, 0.2) is 5.76 Å². The summed E-state index contributed by atoms with van der Waals surface area (Å²) in [7, 11) is 0. The second-order valence-electron chi connectivity index (χ2n) is 9.78. The van der Waals surface area contributed by atoms with Crippen LogP contribution >= 0.6 is 23.4 Å². The Labute approximate surface area is 247 Å². The molecule has 3 heterocycles. The van der Waals surface area contributed by atoms with Gasteiger partial charge in [-0.05, 0) is 65.7 Å². The topological polar surface area (TPSA) is 74.1 Å². The summed E-state index contributed by atoms with van der Waals surface area (Å²) in [5.74, 6) is -0.0293. The van der Waals surface area contributed by atoms with Crippen LogP contribution in [0.5, 0.6) is 0 Å². The molecule has 0 spiro atoms. The highest BCUT2D eigenvalue weighted by atomic mass is 35.5. The number of halogens is 1. The Balaban J connectivity index is 1.15. The lowest BCUT2D eigenvalue weighted by atomic mass is 10.1. The number of hydrogen-bond donors (Lipinski definition) is 0. The van der Waals surface area contributed by atoms with Gasteiger partial charge in [-0.1, -0.05) is 59.8 Å². The third-order valence-electron chi connectivity index (χ3n) is 7.10. The van der Waals surface area contributed by atoms with Crippen molar-refractivity contribution in [1.29, 1.82) is 0 Å². The van der Waals surface area contributed by atoms with Crippen LogP contribution in [-0.4, -0.2) is 53.7 Å². The highest BCUT2D eigenvalue weighted by Crippen LogP contribution is 2.42. The molecule has 2 aliphatic rings. The Morgan fingerprint density at radius 1 is 0.854 bits per heavy atom. The smallest absolute Gasteiger partial charge is 0.289 e. The summed E-state index contributed by atoms with van der Waals surface area (Å²) in [6.45, 7) is 2.19. The number of furan rings is 1. The minimum absolute atomic E-state index is 0.0842. The standard InChI is InChI=1S/C32H26ClN3O4S/c33-25-6-3-5-23(19-25)21-36-26-7-1-2-9-28(26)41-29(32(36)39)20-22-10-12-24(13-11-22)30(37)34-14-16-35(17-15-34)31(38)27-8-4-18-40-27/h1-13,18-20H,14-17,21H2. The minimum Gasteiger partial charge on any atom is -0.459 e. The summed E-state index contributed by atoms with van der Waals surface area (Å²) < 4.78 is 5.21. The van der Waals surface area contributed by atoms with Crippen molar-refractivity contribution < 1.29 is 18.8 Å². The predicted molar refractivity (Wildman–Crippen MR) is 160 cm³/mol. The van der Waals surface area contributed by atoms with Gasteiger partial charge >= 0.3 is 0 Å². The van der Waals surface area contributed by atoms with Crippen LogP contribution < -0.4 is 4.90 Å². The third-order valence-corrected chi connectivity index (χ3v) is 8.42. The van der Waals surface area contributed by atoms with Crippen molar-refractivity contribution in [3.05, 3.63) is 124 Å². The van der Waals surface area contributed by atoms with E-state index < -0.39 is 0 Å². The number of rotatable bonds is 5. The van der Waals surface area contributed by atoms with Gasteiger partial charge in [0.25, 0.3) is 17.7 Å². The van der Waals surface area contributed by atoms with E-state index in [9.17, 15) is 14.4 Å². The molecule has 4 aromatic rings. The van der Waals surface area contributed by atoms with E-state index in [4.69, 9.17) is 16.0 Å². The lowest BCUT2D eigenvalue weighted by Crippen LogP contribution is -2.50. The maximum absolute atomic E-state index is 13.6. The first-order valence-corrected chi connectivity index (χ1v) is 14.4. The number of carbonyl (C=O) groups is 3. The molecule has 0 atom stereocenters. The number of para-hydroxylation sites is 1. The van der Waals surface area contributed by atoms with Crippen LogP contribution in [-0.2, 0) is 11.3 Å². The van der Waals surface area contributed by atoms with Gasteiger partial charge in [-0.3, -0.25) is 14.4 Å². The second kappa shape index (κ2) is 11.7. The fourth-order valence-corrected chi connectivity index (χ4v) is 6.23. The van der Waals surface area contributed by atoms with E-state index in [2.05, 4.69) is 0 Å². The fourth-order valence-electron chi connectivity index (χ4n) is 4.96.